The van der Waals surface area contributed by atoms with Crippen molar-refractivity contribution >= 4 is 34.2 Å². The predicted molar refractivity (Wildman–Crippen MR) is 164 cm³/mol. The summed E-state index contributed by atoms with van der Waals surface area (Å²) >= 11 is 7.20. The van der Waals surface area contributed by atoms with Crippen molar-refractivity contribution in [3.05, 3.63) is 41.2 Å². The Morgan fingerprint density at radius 3 is 2.57 bits per heavy atom. The number of hydrogen-bond acceptors (Lipinski definition) is 6. The van der Waals surface area contributed by atoms with Gasteiger partial charge in [-0.15, -0.1) is 0 Å². The second kappa shape index (κ2) is 9.56. The minimum atomic E-state index is 0.0385. The standard InChI is InChI=1S/C32H40ClN7O2/c1-4-26(41)38-17-31(18-38)12-22(13-31)40-21(3)27(28-24-14-34-35-25(24)11-20(2)29(28)33)30(36-40)39-10-9-37(23-15-42-16-23)19-32(39)7-5-6-8-32/h4,11,14,22-23H,1,5-10,12-13,15-19H2,2-3H3,(H,34,35). The molecule has 5 heterocycles. The van der Waals surface area contributed by atoms with E-state index in [0.29, 0.717) is 12.1 Å². The Balaban J connectivity index is 1.21. The summed E-state index contributed by atoms with van der Waals surface area (Å²) in [5.74, 6) is 1.11. The van der Waals surface area contributed by atoms with Crippen LogP contribution in [0.4, 0.5) is 5.82 Å². The summed E-state index contributed by atoms with van der Waals surface area (Å²) in [6, 6.07) is 2.95. The van der Waals surface area contributed by atoms with Crippen molar-refractivity contribution < 1.29 is 9.53 Å². The SMILES string of the molecule is C=CC(=O)N1CC2(CC(n3nc(N4CCN(C5COC5)CC45CCCC5)c(-c4c(Cl)c(C)cc5[nH]ncc45)c3C)C2)C1. The predicted octanol–water partition coefficient (Wildman–Crippen LogP) is 4.88. The lowest BCUT2D eigenvalue weighted by Crippen LogP contribution is -2.66. The lowest BCUT2D eigenvalue weighted by atomic mass is 9.60. The highest BCUT2D eigenvalue weighted by Gasteiger charge is 2.55. The largest absolute Gasteiger partial charge is 0.378 e. The molecule has 42 heavy (non-hydrogen) atoms. The van der Waals surface area contributed by atoms with Crippen LogP contribution in [0, 0.1) is 19.3 Å². The van der Waals surface area contributed by atoms with Gasteiger partial charge in [0.25, 0.3) is 0 Å². The van der Waals surface area contributed by atoms with E-state index in [2.05, 4.69) is 51.2 Å². The van der Waals surface area contributed by atoms with Gasteiger partial charge in [-0.25, -0.2) is 0 Å². The second-order valence-electron chi connectivity index (χ2n) is 13.6. The van der Waals surface area contributed by atoms with Crippen LogP contribution in [0.3, 0.4) is 0 Å². The first-order valence-electron chi connectivity index (χ1n) is 15.5. The molecule has 2 aliphatic carbocycles. The van der Waals surface area contributed by atoms with Crippen LogP contribution in [0.1, 0.15) is 55.8 Å². The molecule has 0 bridgehead atoms. The van der Waals surface area contributed by atoms with Crippen LogP contribution in [0.15, 0.2) is 24.9 Å². The Morgan fingerprint density at radius 2 is 1.88 bits per heavy atom. The first-order valence-corrected chi connectivity index (χ1v) is 15.9. The van der Waals surface area contributed by atoms with Crippen LogP contribution in [-0.4, -0.2) is 93.2 Å². The third-order valence-corrected chi connectivity index (χ3v) is 11.6. The van der Waals surface area contributed by atoms with Crippen LogP contribution in [-0.2, 0) is 9.53 Å². The zero-order valence-corrected chi connectivity index (χ0v) is 25.4. The van der Waals surface area contributed by atoms with Crippen LogP contribution in [0.25, 0.3) is 22.0 Å². The number of amides is 1. The van der Waals surface area contributed by atoms with Crippen LogP contribution >= 0.6 is 11.6 Å². The number of halogens is 1. The zero-order valence-electron chi connectivity index (χ0n) is 24.7. The summed E-state index contributed by atoms with van der Waals surface area (Å²) in [5.41, 5.74) is 5.68. The molecule has 3 aromatic rings. The maximum atomic E-state index is 12.1. The Morgan fingerprint density at radius 1 is 1.12 bits per heavy atom. The molecule has 0 unspecified atom stereocenters. The highest BCUT2D eigenvalue weighted by molar-refractivity contribution is 6.36. The van der Waals surface area contributed by atoms with E-state index < -0.39 is 0 Å². The van der Waals surface area contributed by atoms with Crippen molar-refractivity contribution in [1.29, 1.82) is 0 Å². The van der Waals surface area contributed by atoms with Crippen molar-refractivity contribution in [3.63, 3.8) is 0 Å². The number of benzene rings is 1. The molecule has 2 saturated carbocycles. The molecule has 5 fully saturated rings. The van der Waals surface area contributed by atoms with Gasteiger partial charge in [0, 0.05) is 60.3 Å². The van der Waals surface area contributed by atoms with Gasteiger partial charge < -0.3 is 14.5 Å². The number of hydrogen-bond donors (Lipinski definition) is 1. The second-order valence-corrected chi connectivity index (χ2v) is 14.0. The van der Waals surface area contributed by atoms with Gasteiger partial charge in [0.2, 0.25) is 5.91 Å². The number of nitrogens with one attached hydrogen (secondary N) is 1. The molecule has 222 valence electrons. The molecule has 3 saturated heterocycles. The quantitative estimate of drug-likeness (QED) is 0.427. The molecular formula is C32H40ClN7O2. The number of aromatic amines is 1. The highest BCUT2D eigenvalue weighted by Crippen LogP contribution is 2.56. The fraction of sp³-hybridized carbons (Fsp3) is 0.594. The normalized spacial score (nSPS) is 23.9. The summed E-state index contributed by atoms with van der Waals surface area (Å²) < 4.78 is 7.88. The van der Waals surface area contributed by atoms with Gasteiger partial charge in [-0.05, 0) is 57.2 Å². The van der Waals surface area contributed by atoms with Crippen LogP contribution < -0.4 is 4.90 Å². The minimum Gasteiger partial charge on any atom is -0.378 e. The molecule has 2 spiro atoms. The molecule has 0 radical (unpaired) electrons. The van der Waals surface area contributed by atoms with Gasteiger partial charge >= 0.3 is 0 Å². The Labute approximate surface area is 251 Å². The number of anilines is 1. The van der Waals surface area contributed by atoms with E-state index in [-0.39, 0.29) is 16.9 Å². The summed E-state index contributed by atoms with van der Waals surface area (Å²) in [7, 11) is 0. The van der Waals surface area contributed by atoms with Gasteiger partial charge in [0.05, 0.1) is 47.6 Å². The topological polar surface area (TPSA) is 82.5 Å². The number of ether oxygens (including phenoxy) is 1. The summed E-state index contributed by atoms with van der Waals surface area (Å²) in [6.45, 7) is 14.3. The summed E-state index contributed by atoms with van der Waals surface area (Å²) in [4.78, 5) is 19.4. The molecular weight excluding hydrogens is 550 g/mol. The Bertz CT molecular complexity index is 1570. The van der Waals surface area contributed by atoms with Gasteiger partial charge in [-0.3, -0.25) is 19.5 Å². The molecule has 8 rings (SSSR count). The molecule has 2 aromatic heterocycles. The lowest BCUT2D eigenvalue weighted by Gasteiger charge is -2.58. The third-order valence-electron chi connectivity index (χ3n) is 11.1. The maximum absolute atomic E-state index is 12.1. The van der Waals surface area contributed by atoms with E-state index >= 15 is 0 Å². The van der Waals surface area contributed by atoms with Crippen molar-refractivity contribution in [1.82, 2.24) is 29.8 Å². The number of aromatic nitrogens is 4. The van der Waals surface area contributed by atoms with Crippen molar-refractivity contribution in [2.75, 3.05) is 50.8 Å². The summed E-state index contributed by atoms with van der Waals surface area (Å²) in [5, 5.41) is 14.9. The molecule has 10 heteroatoms. The molecule has 3 aliphatic heterocycles. The number of likely N-dealkylation sites (tertiary alicyclic amines) is 1. The van der Waals surface area contributed by atoms with E-state index in [1.54, 1.807) is 0 Å². The van der Waals surface area contributed by atoms with Crippen molar-refractivity contribution in [2.24, 2.45) is 5.41 Å². The minimum absolute atomic E-state index is 0.0385. The molecule has 1 aromatic carbocycles. The number of fused-ring (bicyclic) bond motifs is 1. The third kappa shape index (κ3) is 3.85. The molecule has 1 amide bonds. The molecule has 1 N–H and O–H groups in total. The van der Waals surface area contributed by atoms with Crippen LogP contribution in [0.5, 0.6) is 0 Å². The average molecular weight is 590 g/mol. The Kier molecular flexibility index (Phi) is 6.08. The first kappa shape index (κ1) is 26.7. The number of carbonyl (C=O) groups excluding carboxylic acids is 1. The lowest BCUT2D eigenvalue weighted by molar-refractivity contribution is -0.149. The summed E-state index contributed by atoms with van der Waals surface area (Å²) in [6.07, 6.45) is 10.3. The fourth-order valence-electron chi connectivity index (χ4n) is 8.75. The van der Waals surface area contributed by atoms with Crippen molar-refractivity contribution in [3.8, 4) is 11.1 Å². The van der Waals surface area contributed by atoms with Gasteiger partial charge in [0.15, 0.2) is 5.82 Å². The number of nitrogens with zero attached hydrogens (tertiary/aromatic N) is 6. The number of rotatable bonds is 5. The van der Waals surface area contributed by atoms with Crippen molar-refractivity contribution in [2.45, 2.75) is 70.0 Å². The van der Waals surface area contributed by atoms with E-state index in [0.717, 1.165) is 97.2 Å². The smallest absolute Gasteiger partial charge is 0.245 e. The molecule has 0 atom stereocenters. The van der Waals surface area contributed by atoms with Crippen LogP contribution in [0.2, 0.25) is 5.02 Å². The Hall–Kier alpha value is -2.88. The van der Waals surface area contributed by atoms with E-state index in [4.69, 9.17) is 21.4 Å². The first-order chi connectivity index (χ1) is 20.3. The number of piperazine rings is 1. The van der Waals surface area contributed by atoms with E-state index in [1.807, 2.05) is 11.1 Å². The fourth-order valence-corrected chi connectivity index (χ4v) is 9.00. The van der Waals surface area contributed by atoms with Gasteiger partial charge in [-0.2, -0.15) is 10.2 Å². The molecule has 5 aliphatic rings. The zero-order chi connectivity index (χ0) is 28.8. The van der Waals surface area contributed by atoms with Gasteiger partial charge in [0.1, 0.15) is 0 Å². The van der Waals surface area contributed by atoms with E-state index in [9.17, 15) is 4.79 Å². The van der Waals surface area contributed by atoms with Gasteiger partial charge in [-0.1, -0.05) is 31.0 Å². The maximum Gasteiger partial charge on any atom is 0.245 e. The number of aryl methyl sites for hydroxylation is 1. The number of carbonyl (C=O) groups is 1. The molecule has 9 nitrogen and oxygen atoms in total. The highest BCUT2D eigenvalue weighted by atomic mass is 35.5. The number of H-pyrrole nitrogens is 1. The van der Waals surface area contributed by atoms with E-state index in [1.165, 1.54) is 37.5 Å². The monoisotopic (exact) mass is 589 g/mol. The average Bonchev–Trinajstić information content (AvgIpc) is 3.63.